The van der Waals surface area contributed by atoms with E-state index in [1.807, 2.05) is 23.7 Å². The second-order valence-electron chi connectivity index (χ2n) is 4.26. The van der Waals surface area contributed by atoms with Gasteiger partial charge in [0.2, 0.25) is 0 Å². The first kappa shape index (κ1) is 13.5. The van der Waals surface area contributed by atoms with Gasteiger partial charge in [-0.15, -0.1) is 5.10 Å². The van der Waals surface area contributed by atoms with Crippen LogP contribution in [0, 0.1) is 0 Å². The maximum Gasteiger partial charge on any atom is 0.119 e. The van der Waals surface area contributed by atoms with Crippen molar-refractivity contribution < 1.29 is 4.74 Å². The molecule has 0 spiro atoms. The van der Waals surface area contributed by atoms with Crippen molar-refractivity contribution in [3.05, 3.63) is 41.2 Å². The minimum Gasteiger partial charge on any atom is -0.494 e. The van der Waals surface area contributed by atoms with Crippen LogP contribution in [0.4, 0.5) is 0 Å². The number of aryl methyl sites for hydroxylation is 1. The Morgan fingerprint density at radius 3 is 2.53 bits per heavy atom. The molecule has 0 fully saturated rings. The third kappa shape index (κ3) is 3.12. The number of hydrogen-bond donors (Lipinski definition) is 1. The molecule has 102 valence electrons. The first-order valence-corrected chi connectivity index (χ1v) is 6.61. The van der Waals surface area contributed by atoms with Gasteiger partial charge in [0, 0.05) is 19.5 Å². The number of benzene rings is 1. The van der Waals surface area contributed by atoms with E-state index in [0.29, 0.717) is 13.2 Å². The lowest BCUT2D eigenvalue weighted by molar-refractivity contribution is 0.340. The molecule has 0 aliphatic rings. The molecule has 2 rings (SSSR count). The zero-order valence-electron chi connectivity index (χ0n) is 11.5. The van der Waals surface area contributed by atoms with Crippen LogP contribution < -0.4 is 10.5 Å². The van der Waals surface area contributed by atoms with Gasteiger partial charge in [-0.05, 0) is 31.5 Å². The highest BCUT2D eigenvalue weighted by molar-refractivity contribution is 5.30. The summed E-state index contributed by atoms with van der Waals surface area (Å²) in [7, 11) is 0. The third-order valence-electron chi connectivity index (χ3n) is 3.02. The molecule has 0 bridgehead atoms. The summed E-state index contributed by atoms with van der Waals surface area (Å²) in [5, 5.41) is 8.22. The van der Waals surface area contributed by atoms with E-state index >= 15 is 0 Å². The number of hydrogen-bond acceptors (Lipinski definition) is 4. The van der Waals surface area contributed by atoms with Crippen molar-refractivity contribution >= 4 is 0 Å². The number of rotatable bonds is 6. The van der Waals surface area contributed by atoms with E-state index in [2.05, 4.69) is 29.4 Å². The van der Waals surface area contributed by atoms with Crippen LogP contribution in [0.15, 0.2) is 24.3 Å². The van der Waals surface area contributed by atoms with Gasteiger partial charge < -0.3 is 10.5 Å². The molecule has 0 atom stereocenters. The van der Waals surface area contributed by atoms with Crippen LogP contribution in [0.1, 0.15) is 30.8 Å². The van der Waals surface area contributed by atoms with E-state index in [1.165, 1.54) is 5.56 Å². The molecule has 1 heterocycles. The lowest BCUT2D eigenvalue weighted by Gasteiger charge is -2.07. The Morgan fingerprint density at radius 1 is 1.21 bits per heavy atom. The van der Waals surface area contributed by atoms with Crippen LogP contribution in [0.5, 0.6) is 5.75 Å². The minimum atomic E-state index is 0.423. The monoisotopic (exact) mass is 260 g/mol. The van der Waals surface area contributed by atoms with Gasteiger partial charge in [-0.2, -0.15) is 0 Å². The lowest BCUT2D eigenvalue weighted by atomic mass is 10.1. The van der Waals surface area contributed by atoms with Crippen molar-refractivity contribution in [2.24, 2.45) is 5.73 Å². The van der Waals surface area contributed by atoms with Gasteiger partial charge in [0.1, 0.15) is 5.75 Å². The summed E-state index contributed by atoms with van der Waals surface area (Å²) in [6.07, 6.45) is 0.791. The Morgan fingerprint density at radius 2 is 1.95 bits per heavy atom. The molecule has 0 aliphatic carbocycles. The average molecular weight is 260 g/mol. The molecule has 5 heteroatoms. The maximum atomic E-state index is 5.70. The standard InChI is InChI=1S/C14H20N4O/c1-3-18-14(13(10-15)16-17-18)9-11-5-7-12(8-6-11)19-4-2/h5-8H,3-4,9-10,15H2,1-2H3. The van der Waals surface area contributed by atoms with Crippen molar-refractivity contribution in [3.8, 4) is 5.75 Å². The number of nitrogens with zero attached hydrogens (tertiary/aromatic N) is 3. The summed E-state index contributed by atoms with van der Waals surface area (Å²) in [6.45, 7) is 5.94. The van der Waals surface area contributed by atoms with Crippen molar-refractivity contribution in [1.29, 1.82) is 0 Å². The van der Waals surface area contributed by atoms with Gasteiger partial charge >= 0.3 is 0 Å². The van der Waals surface area contributed by atoms with Crippen LogP contribution in [-0.2, 0) is 19.5 Å². The fourth-order valence-electron chi connectivity index (χ4n) is 2.04. The Balaban J connectivity index is 2.18. The van der Waals surface area contributed by atoms with E-state index in [9.17, 15) is 0 Å². The lowest BCUT2D eigenvalue weighted by Crippen LogP contribution is -2.07. The fourth-order valence-corrected chi connectivity index (χ4v) is 2.04. The van der Waals surface area contributed by atoms with Crippen molar-refractivity contribution in [2.45, 2.75) is 33.4 Å². The number of nitrogens with two attached hydrogens (primary N) is 1. The largest absolute Gasteiger partial charge is 0.494 e. The highest BCUT2D eigenvalue weighted by Gasteiger charge is 2.11. The van der Waals surface area contributed by atoms with Crippen molar-refractivity contribution in [1.82, 2.24) is 15.0 Å². The van der Waals surface area contributed by atoms with Crippen molar-refractivity contribution in [2.75, 3.05) is 6.61 Å². The van der Waals surface area contributed by atoms with Gasteiger partial charge in [-0.1, -0.05) is 17.3 Å². The minimum absolute atomic E-state index is 0.423. The Labute approximate surface area is 113 Å². The zero-order valence-corrected chi connectivity index (χ0v) is 11.5. The highest BCUT2D eigenvalue weighted by atomic mass is 16.5. The van der Waals surface area contributed by atoms with Crippen molar-refractivity contribution in [3.63, 3.8) is 0 Å². The maximum absolute atomic E-state index is 5.70. The van der Waals surface area contributed by atoms with Gasteiger partial charge in [0.25, 0.3) is 0 Å². The van der Waals surface area contributed by atoms with E-state index in [-0.39, 0.29) is 0 Å². The number of ether oxygens (including phenoxy) is 1. The zero-order chi connectivity index (χ0) is 13.7. The average Bonchev–Trinajstić information content (AvgIpc) is 2.83. The molecule has 0 amide bonds. The fraction of sp³-hybridized carbons (Fsp3) is 0.429. The molecule has 2 aromatic rings. The normalized spacial score (nSPS) is 10.7. The summed E-state index contributed by atoms with van der Waals surface area (Å²) in [5.41, 5.74) is 8.87. The second kappa shape index (κ2) is 6.33. The summed E-state index contributed by atoms with van der Waals surface area (Å²) in [4.78, 5) is 0. The van der Waals surface area contributed by atoms with E-state index in [4.69, 9.17) is 10.5 Å². The highest BCUT2D eigenvalue weighted by Crippen LogP contribution is 2.16. The van der Waals surface area contributed by atoms with Crippen LogP contribution in [-0.4, -0.2) is 21.6 Å². The predicted molar refractivity (Wildman–Crippen MR) is 74.0 cm³/mol. The Hall–Kier alpha value is -1.88. The van der Waals surface area contributed by atoms with E-state index in [0.717, 1.165) is 30.1 Å². The SMILES string of the molecule is CCOc1ccc(Cc2c(CN)nnn2CC)cc1. The molecule has 5 nitrogen and oxygen atoms in total. The van der Waals surface area contributed by atoms with Crippen LogP contribution in [0.2, 0.25) is 0 Å². The molecule has 0 unspecified atom stereocenters. The molecule has 0 aliphatic heterocycles. The molecule has 1 aromatic heterocycles. The molecule has 0 saturated carbocycles. The Kier molecular flexibility index (Phi) is 4.52. The first-order chi connectivity index (χ1) is 9.28. The number of aromatic nitrogens is 3. The molecule has 0 saturated heterocycles. The summed E-state index contributed by atoms with van der Waals surface area (Å²) in [6, 6.07) is 8.11. The third-order valence-corrected chi connectivity index (χ3v) is 3.02. The molecular formula is C14H20N4O. The summed E-state index contributed by atoms with van der Waals surface area (Å²) in [5.74, 6) is 0.896. The van der Waals surface area contributed by atoms with E-state index < -0.39 is 0 Å². The quantitative estimate of drug-likeness (QED) is 0.859. The second-order valence-corrected chi connectivity index (χ2v) is 4.26. The summed E-state index contributed by atoms with van der Waals surface area (Å²) >= 11 is 0. The van der Waals surface area contributed by atoms with Gasteiger partial charge in [-0.3, -0.25) is 0 Å². The molecular weight excluding hydrogens is 240 g/mol. The Bertz CT molecular complexity index is 497. The predicted octanol–water partition coefficient (Wildman–Crippen LogP) is 1.75. The molecule has 0 radical (unpaired) electrons. The molecule has 1 aromatic carbocycles. The molecule has 2 N–H and O–H groups in total. The van der Waals surface area contributed by atoms with Gasteiger partial charge in [-0.25, -0.2) is 4.68 Å². The van der Waals surface area contributed by atoms with Crippen LogP contribution >= 0.6 is 0 Å². The van der Waals surface area contributed by atoms with Crippen LogP contribution in [0.25, 0.3) is 0 Å². The smallest absolute Gasteiger partial charge is 0.119 e. The van der Waals surface area contributed by atoms with Gasteiger partial charge in [0.15, 0.2) is 0 Å². The van der Waals surface area contributed by atoms with Crippen LogP contribution in [0.3, 0.4) is 0 Å². The van der Waals surface area contributed by atoms with E-state index in [1.54, 1.807) is 0 Å². The van der Waals surface area contributed by atoms with Gasteiger partial charge in [0.05, 0.1) is 18.0 Å². The topological polar surface area (TPSA) is 66.0 Å². The first-order valence-electron chi connectivity index (χ1n) is 6.61. The summed E-state index contributed by atoms with van der Waals surface area (Å²) < 4.78 is 7.34. The molecule has 19 heavy (non-hydrogen) atoms.